The smallest absolute Gasteiger partial charge is 0.212 e. The number of unbranched alkanes of at least 4 members (excludes halogenated alkanes) is 1. The lowest BCUT2D eigenvalue weighted by Crippen LogP contribution is -2.48. The maximum Gasteiger partial charge on any atom is 0.212 e. The number of nitrogens with one attached hydrogen (secondary N) is 1. The highest BCUT2D eigenvalue weighted by molar-refractivity contribution is 6.21. The Morgan fingerprint density at radius 1 is 1.20 bits per heavy atom. The molecule has 2 aromatic heterocycles. The Morgan fingerprint density at radius 2 is 2.00 bits per heavy atom. The van der Waals surface area contributed by atoms with Gasteiger partial charge in [0.05, 0.1) is 0 Å². The van der Waals surface area contributed by atoms with Gasteiger partial charge in [0, 0.05) is 74.4 Å². The molecule has 2 aliphatic heterocycles. The van der Waals surface area contributed by atoms with Gasteiger partial charge in [-0.2, -0.15) is 0 Å². The summed E-state index contributed by atoms with van der Waals surface area (Å²) in [6, 6.07) is 10.7. The highest BCUT2D eigenvalue weighted by Gasteiger charge is 2.26. The average Bonchev–Trinajstić information content (AvgIpc) is 3.49. The number of furan rings is 1. The molecule has 210 valence electrons. The van der Waals surface area contributed by atoms with E-state index in [-0.39, 0.29) is 28.7 Å². The maximum absolute atomic E-state index is 13.2. The summed E-state index contributed by atoms with van der Waals surface area (Å²) in [6.45, 7) is 13.8. The van der Waals surface area contributed by atoms with E-state index in [4.69, 9.17) is 4.42 Å². The van der Waals surface area contributed by atoms with Gasteiger partial charge in [-0.25, -0.2) is 9.98 Å². The molecule has 0 bridgehead atoms. The molecule has 3 aromatic rings. The largest absolute Gasteiger partial charge is 0.504 e. The number of aromatic nitrogens is 1. The number of hydrogen-bond donors (Lipinski definition) is 2. The molecule has 4 heterocycles. The van der Waals surface area contributed by atoms with Gasteiger partial charge in [0.25, 0.3) is 0 Å². The normalized spacial score (nSPS) is 16.7. The first-order valence-corrected chi connectivity index (χ1v) is 14.3. The van der Waals surface area contributed by atoms with Gasteiger partial charge in [-0.05, 0) is 62.6 Å². The van der Waals surface area contributed by atoms with E-state index in [9.17, 15) is 9.90 Å². The van der Waals surface area contributed by atoms with Crippen molar-refractivity contribution in [3.63, 3.8) is 0 Å². The summed E-state index contributed by atoms with van der Waals surface area (Å²) in [6.07, 6.45) is 7.06. The number of allylic oxidation sites excluding steroid dienone is 1. The van der Waals surface area contributed by atoms with Crippen LogP contribution in [0.25, 0.3) is 11.6 Å². The molecule has 0 amide bonds. The van der Waals surface area contributed by atoms with Crippen LogP contribution in [0.5, 0.6) is 5.75 Å². The zero-order valence-electron chi connectivity index (χ0n) is 23.9. The highest BCUT2D eigenvalue weighted by Crippen LogP contribution is 2.40. The Kier molecular flexibility index (Phi) is 8.47. The number of aryl methyl sites for hydroxylation is 1. The SMILES string of the molecule is CCCCC(=O)c1c(Nc2ccc(CN3CCN(C(C)C)CC3)cc2C)oc(C=C2C=Nc3ncccc32)c1O. The van der Waals surface area contributed by atoms with E-state index in [1.165, 1.54) is 5.56 Å². The monoisotopic (exact) mass is 541 g/mol. The van der Waals surface area contributed by atoms with E-state index in [1.54, 1.807) is 18.5 Å². The van der Waals surface area contributed by atoms with Crippen molar-refractivity contribution in [2.24, 2.45) is 4.99 Å². The fourth-order valence-electron chi connectivity index (χ4n) is 5.31. The van der Waals surface area contributed by atoms with Gasteiger partial charge in [0.2, 0.25) is 5.88 Å². The third kappa shape index (κ3) is 6.03. The maximum atomic E-state index is 13.2. The zero-order valence-corrected chi connectivity index (χ0v) is 23.9. The molecular weight excluding hydrogens is 502 g/mol. The van der Waals surface area contributed by atoms with Crippen LogP contribution in [0, 0.1) is 6.92 Å². The van der Waals surface area contributed by atoms with Crippen molar-refractivity contribution in [3.8, 4) is 5.75 Å². The van der Waals surface area contributed by atoms with E-state index in [1.807, 2.05) is 32.0 Å². The van der Waals surface area contributed by atoms with Crippen molar-refractivity contribution in [1.82, 2.24) is 14.8 Å². The number of Topliss-reactive ketones (excluding diaryl/α,β-unsaturated/α-hetero) is 1. The van der Waals surface area contributed by atoms with Crippen LogP contribution in [-0.2, 0) is 6.54 Å². The quantitative estimate of drug-likeness (QED) is 0.280. The molecule has 0 aliphatic carbocycles. The van der Waals surface area contributed by atoms with Gasteiger partial charge in [0.1, 0.15) is 5.56 Å². The van der Waals surface area contributed by atoms with Crippen LogP contribution in [-0.4, -0.2) is 64.1 Å². The summed E-state index contributed by atoms with van der Waals surface area (Å²) in [5, 5.41) is 14.5. The number of aliphatic imine (C=N–C) groups is 1. The van der Waals surface area contributed by atoms with Crippen LogP contribution in [0.2, 0.25) is 0 Å². The first-order valence-electron chi connectivity index (χ1n) is 14.3. The van der Waals surface area contributed by atoms with Crippen molar-refractivity contribution >= 4 is 41.0 Å². The Balaban J connectivity index is 1.38. The van der Waals surface area contributed by atoms with E-state index in [0.29, 0.717) is 18.3 Å². The van der Waals surface area contributed by atoms with E-state index < -0.39 is 0 Å². The number of fused-ring (bicyclic) bond motifs is 1. The van der Waals surface area contributed by atoms with Crippen molar-refractivity contribution in [2.45, 2.75) is 59.5 Å². The predicted octanol–water partition coefficient (Wildman–Crippen LogP) is 6.59. The molecule has 40 heavy (non-hydrogen) atoms. The number of nitrogens with zero attached hydrogens (tertiary/aromatic N) is 4. The summed E-state index contributed by atoms with van der Waals surface area (Å²) in [4.78, 5) is 26.8. The third-order valence-corrected chi connectivity index (χ3v) is 7.74. The van der Waals surface area contributed by atoms with E-state index in [0.717, 1.165) is 68.0 Å². The second kappa shape index (κ2) is 12.2. The molecule has 0 spiro atoms. The second-order valence-electron chi connectivity index (χ2n) is 11.0. The molecule has 1 fully saturated rings. The number of anilines is 2. The Morgan fingerprint density at radius 3 is 2.73 bits per heavy atom. The van der Waals surface area contributed by atoms with Gasteiger partial charge in [-0.15, -0.1) is 0 Å². The van der Waals surface area contributed by atoms with Crippen molar-refractivity contribution < 1.29 is 14.3 Å². The highest BCUT2D eigenvalue weighted by atomic mass is 16.4. The van der Waals surface area contributed by atoms with Crippen LogP contribution in [0.4, 0.5) is 17.4 Å². The number of pyridine rings is 1. The third-order valence-electron chi connectivity index (χ3n) is 7.74. The Bertz CT molecular complexity index is 1430. The summed E-state index contributed by atoms with van der Waals surface area (Å²) in [5.41, 5.74) is 4.94. The lowest BCUT2D eigenvalue weighted by atomic mass is 10.0. The minimum absolute atomic E-state index is 0.146. The summed E-state index contributed by atoms with van der Waals surface area (Å²) >= 11 is 0. The van der Waals surface area contributed by atoms with E-state index >= 15 is 0 Å². The molecule has 0 saturated carbocycles. The molecule has 8 nitrogen and oxygen atoms in total. The Labute approximate surface area is 236 Å². The van der Waals surface area contributed by atoms with Crippen LogP contribution >= 0.6 is 0 Å². The van der Waals surface area contributed by atoms with E-state index in [2.05, 4.69) is 51.1 Å². The molecular formula is C32H39N5O3. The fourth-order valence-corrected chi connectivity index (χ4v) is 5.31. The summed E-state index contributed by atoms with van der Waals surface area (Å²) in [7, 11) is 0. The minimum Gasteiger partial charge on any atom is -0.504 e. The lowest BCUT2D eigenvalue weighted by Gasteiger charge is -2.37. The van der Waals surface area contributed by atoms with Crippen molar-refractivity contribution in [3.05, 3.63) is 64.5 Å². The van der Waals surface area contributed by atoms with Crippen LogP contribution in [0.3, 0.4) is 0 Å². The number of carbonyl (C=O) groups is 1. The number of benzene rings is 1. The molecule has 0 atom stereocenters. The first-order chi connectivity index (χ1) is 19.3. The van der Waals surface area contributed by atoms with Crippen LogP contribution < -0.4 is 5.32 Å². The summed E-state index contributed by atoms with van der Waals surface area (Å²) in [5.74, 6) is 0.793. The standard InChI is InChI=1S/C32H39N5O3/c1-5-6-9-27(38)29-30(39)28(18-24-19-34-31-25(24)8-7-12-33-31)40-32(29)35-26-11-10-23(17-22(26)4)20-36-13-15-37(16-14-36)21(2)3/h7-8,10-12,17-19,21,35,39H,5-6,9,13-16,20H2,1-4H3. The van der Waals surface area contributed by atoms with Gasteiger partial charge in [-0.3, -0.25) is 14.6 Å². The molecule has 2 aliphatic rings. The van der Waals surface area contributed by atoms with Crippen molar-refractivity contribution in [1.29, 1.82) is 0 Å². The number of piperazine rings is 1. The van der Waals surface area contributed by atoms with Crippen LogP contribution in [0.15, 0.2) is 45.9 Å². The lowest BCUT2D eigenvalue weighted by molar-refractivity contribution is 0.0978. The summed E-state index contributed by atoms with van der Waals surface area (Å²) < 4.78 is 6.11. The Hall–Kier alpha value is -3.75. The molecule has 1 aromatic carbocycles. The molecule has 0 radical (unpaired) electrons. The van der Waals surface area contributed by atoms with Gasteiger partial charge >= 0.3 is 0 Å². The van der Waals surface area contributed by atoms with Gasteiger partial charge in [-0.1, -0.05) is 25.5 Å². The fraction of sp³-hybridized carbons (Fsp3) is 0.406. The number of ketones is 1. The van der Waals surface area contributed by atoms with Gasteiger partial charge < -0.3 is 14.8 Å². The van der Waals surface area contributed by atoms with Crippen LogP contribution in [0.1, 0.15) is 72.8 Å². The average molecular weight is 542 g/mol. The molecule has 1 saturated heterocycles. The molecule has 2 N–H and O–H groups in total. The predicted molar refractivity (Wildman–Crippen MR) is 161 cm³/mol. The number of rotatable bonds is 10. The zero-order chi connectivity index (χ0) is 28.2. The number of hydrogen-bond acceptors (Lipinski definition) is 8. The minimum atomic E-state index is -0.156. The molecule has 8 heteroatoms. The van der Waals surface area contributed by atoms with Crippen molar-refractivity contribution in [2.75, 3.05) is 31.5 Å². The van der Waals surface area contributed by atoms with Gasteiger partial charge in [0.15, 0.2) is 23.1 Å². The second-order valence-corrected chi connectivity index (χ2v) is 11.0. The molecule has 0 unspecified atom stereocenters. The first kappa shape index (κ1) is 27.8. The molecule has 5 rings (SSSR count). The number of aromatic hydroxyl groups is 1. The number of carbonyl (C=O) groups excluding carboxylic acids is 1. The topological polar surface area (TPSA) is 94.2 Å².